The normalized spacial score (nSPS) is 21.0. The topological polar surface area (TPSA) is 40.0 Å². The Labute approximate surface area is 174 Å². The average molecular weight is 429 g/mol. The molecule has 0 saturated heterocycles. The molecule has 2 heterocycles. The first-order valence-electron chi connectivity index (χ1n) is 9.50. The number of hydrogen-bond donors (Lipinski definition) is 0. The minimum atomic E-state index is -3.67. The lowest BCUT2D eigenvalue weighted by molar-refractivity contribution is -0.286. The van der Waals surface area contributed by atoms with Crippen molar-refractivity contribution in [2.75, 3.05) is 0 Å². The number of benzene rings is 3. The summed E-state index contributed by atoms with van der Waals surface area (Å²) in [5.41, 5.74) is 1.93. The Bertz CT molecular complexity index is 1170. The van der Waals surface area contributed by atoms with E-state index in [9.17, 15) is 17.6 Å². The van der Waals surface area contributed by atoms with Crippen molar-refractivity contribution in [3.05, 3.63) is 83.4 Å². The molecule has 2 aliphatic heterocycles. The highest BCUT2D eigenvalue weighted by molar-refractivity contribution is 5.96. The molecule has 3 aromatic carbocycles. The van der Waals surface area contributed by atoms with Crippen LogP contribution in [-0.4, -0.2) is 18.3 Å². The summed E-state index contributed by atoms with van der Waals surface area (Å²) < 4.78 is 69.1. The van der Waals surface area contributed by atoms with E-state index in [2.05, 4.69) is 14.5 Å². The molecule has 3 aromatic rings. The van der Waals surface area contributed by atoms with E-state index >= 15 is 0 Å². The van der Waals surface area contributed by atoms with Gasteiger partial charge in [0, 0.05) is 0 Å². The maximum atomic E-state index is 14.1. The molecule has 0 aromatic heterocycles. The number of fused-ring (bicyclic) bond motifs is 1. The summed E-state index contributed by atoms with van der Waals surface area (Å²) in [5.74, 6) is -1.62. The summed E-state index contributed by atoms with van der Waals surface area (Å²) in [5, 5.41) is 0. The van der Waals surface area contributed by atoms with E-state index < -0.39 is 30.1 Å². The highest BCUT2D eigenvalue weighted by Gasteiger charge is 2.43. The maximum Gasteiger partial charge on any atom is 0.586 e. The van der Waals surface area contributed by atoms with Crippen molar-refractivity contribution in [3.8, 4) is 22.6 Å². The second-order valence-electron chi connectivity index (χ2n) is 7.25. The van der Waals surface area contributed by atoms with Crippen LogP contribution in [0.5, 0.6) is 11.5 Å². The van der Waals surface area contributed by atoms with Crippen LogP contribution in [-0.2, 0) is 4.74 Å². The van der Waals surface area contributed by atoms with Crippen molar-refractivity contribution < 1.29 is 31.8 Å². The molecule has 31 heavy (non-hydrogen) atoms. The van der Waals surface area contributed by atoms with Gasteiger partial charge < -0.3 is 14.2 Å². The number of ether oxygens (including phenoxy) is 3. The first-order chi connectivity index (χ1) is 14.8. The third kappa shape index (κ3) is 3.48. The van der Waals surface area contributed by atoms with Crippen LogP contribution in [0.1, 0.15) is 24.1 Å². The molecule has 0 bridgehead atoms. The van der Waals surface area contributed by atoms with Crippen molar-refractivity contribution in [1.82, 2.24) is 0 Å². The van der Waals surface area contributed by atoms with Crippen LogP contribution in [0, 0.1) is 11.6 Å². The van der Waals surface area contributed by atoms with Gasteiger partial charge in [0.25, 0.3) is 0 Å². The van der Waals surface area contributed by atoms with Gasteiger partial charge in [-0.05, 0) is 47.9 Å². The summed E-state index contributed by atoms with van der Waals surface area (Å²) in [6.07, 6.45) is -4.09. The van der Waals surface area contributed by atoms with Crippen molar-refractivity contribution >= 4 is 5.90 Å². The van der Waals surface area contributed by atoms with Gasteiger partial charge in [0.2, 0.25) is 5.90 Å². The molecule has 0 aliphatic carbocycles. The molecule has 8 heteroatoms. The summed E-state index contributed by atoms with van der Waals surface area (Å²) in [7, 11) is 0. The second-order valence-corrected chi connectivity index (χ2v) is 7.25. The Balaban J connectivity index is 1.41. The van der Waals surface area contributed by atoms with Gasteiger partial charge in [0.1, 0.15) is 29.3 Å². The number of rotatable bonds is 3. The number of aliphatic imine (C=N–C) groups is 1. The molecule has 0 N–H and O–H groups in total. The average Bonchev–Trinajstić information content (AvgIpc) is 3.25. The van der Waals surface area contributed by atoms with Crippen LogP contribution < -0.4 is 9.47 Å². The maximum absolute atomic E-state index is 14.1. The summed E-state index contributed by atoms with van der Waals surface area (Å²) in [4.78, 5) is 4.39. The van der Waals surface area contributed by atoms with Crippen LogP contribution >= 0.6 is 0 Å². The largest absolute Gasteiger partial charge is 0.586 e. The molecule has 4 nitrogen and oxygen atoms in total. The van der Waals surface area contributed by atoms with Crippen LogP contribution in [0.2, 0.25) is 0 Å². The molecule has 158 valence electrons. The zero-order chi connectivity index (χ0) is 21.8. The van der Waals surface area contributed by atoms with Gasteiger partial charge in [-0.2, -0.15) is 0 Å². The van der Waals surface area contributed by atoms with Crippen molar-refractivity contribution in [2.24, 2.45) is 4.99 Å². The van der Waals surface area contributed by atoms with E-state index in [0.29, 0.717) is 5.56 Å². The van der Waals surface area contributed by atoms with E-state index in [1.807, 2.05) is 12.1 Å². The van der Waals surface area contributed by atoms with E-state index in [4.69, 9.17) is 4.74 Å². The molecule has 2 atom stereocenters. The van der Waals surface area contributed by atoms with Gasteiger partial charge in [0.05, 0.1) is 0 Å². The van der Waals surface area contributed by atoms with Crippen LogP contribution in [0.3, 0.4) is 0 Å². The van der Waals surface area contributed by atoms with Gasteiger partial charge in [-0.3, -0.25) is 0 Å². The van der Waals surface area contributed by atoms with Crippen molar-refractivity contribution in [1.29, 1.82) is 0 Å². The highest BCUT2D eigenvalue weighted by atomic mass is 19.3. The summed E-state index contributed by atoms with van der Waals surface area (Å²) in [6.45, 7) is 1.77. The van der Waals surface area contributed by atoms with Gasteiger partial charge in [-0.1, -0.05) is 36.4 Å². The van der Waals surface area contributed by atoms with Gasteiger partial charge >= 0.3 is 6.29 Å². The lowest BCUT2D eigenvalue weighted by Crippen LogP contribution is -2.25. The highest BCUT2D eigenvalue weighted by Crippen LogP contribution is 2.43. The zero-order valence-corrected chi connectivity index (χ0v) is 16.1. The predicted molar refractivity (Wildman–Crippen MR) is 104 cm³/mol. The van der Waals surface area contributed by atoms with Crippen LogP contribution in [0.4, 0.5) is 17.6 Å². The van der Waals surface area contributed by atoms with E-state index in [1.54, 1.807) is 25.1 Å². The minimum absolute atomic E-state index is 0.0236. The van der Waals surface area contributed by atoms with Crippen molar-refractivity contribution in [2.45, 2.75) is 25.4 Å². The molecular formula is C23H15F4NO3. The van der Waals surface area contributed by atoms with E-state index in [0.717, 1.165) is 23.3 Å². The lowest BCUT2D eigenvalue weighted by atomic mass is 9.99. The number of nitrogens with zero attached hydrogens (tertiary/aromatic N) is 1. The molecular weight excluding hydrogens is 414 g/mol. The van der Waals surface area contributed by atoms with Crippen LogP contribution in [0.15, 0.2) is 65.7 Å². The molecule has 2 aliphatic rings. The van der Waals surface area contributed by atoms with Crippen LogP contribution in [0.25, 0.3) is 11.1 Å². The third-order valence-corrected chi connectivity index (χ3v) is 5.16. The number of hydrogen-bond acceptors (Lipinski definition) is 4. The number of alkyl halides is 2. The third-order valence-electron chi connectivity index (χ3n) is 5.16. The first-order valence-corrected chi connectivity index (χ1v) is 9.50. The lowest BCUT2D eigenvalue weighted by Gasteiger charge is -2.13. The Morgan fingerprint density at radius 2 is 1.48 bits per heavy atom. The Morgan fingerprint density at radius 1 is 0.839 bits per heavy atom. The fourth-order valence-electron chi connectivity index (χ4n) is 3.67. The Hall–Kier alpha value is -3.55. The van der Waals surface area contributed by atoms with Gasteiger partial charge in [0.15, 0.2) is 11.5 Å². The SMILES string of the molecule is C[C@H]1OC(c2c(F)cccc2F)=N[C@@H]1c1ccc(-c2ccc3c(c2)OC(F)(F)O3)cc1. The fourth-order valence-corrected chi connectivity index (χ4v) is 3.67. The monoisotopic (exact) mass is 429 g/mol. The Kier molecular flexibility index (Phi) is 4.39. The van der Waals surface area contributed by atoms with E-state index in [1.165, 1.54) is 18.2 Å². The molecule has 0 amide bonds. The summed E-state index contributed by atoms with van der Waals surface area (Å²) >= 11 is 0. The standard InChI is InChI=1S/C23H15F4NO3/c1-12-21(28-22(29-12)20-16(24)3-2-4-17(20)25)14-7-5-13(6-8-14)15-9-10-18-19(11-15)31-23(26,27)30-18/h2-12,21H,1H3/t12-,21+/m1/s1. The minimum Gasteiger partial charge on any atom is -0.472 e. The van der Waals surface area contributed by atoms with Gasteiger partial charge in [-0.25, -0.2) is 13.8 Å². The molecule has 0 spiro atoms. The molecule has 0 fully saturated rings. The van der Waals surface area contributed by atoms with Gasteiger partial charge in [-0.15, -0.1) is 8.78 Å². The quantitative estimate of drug-likeness (QED) is 0.490. The molecule has 0 unspecified atom stereocenters. The molecule has 5 rings (SSSR count). The molecule has 0 saturated carbocycles. The molecule has 0 radical (unpaired) electrons. The van der Waals surface area contributed by atoms with E-state index in [-0.39, 0.29) is 23.0 Å². The predicted octanol–water partition coefficient (Wildman–Crippen LogP) is 5.86. The van der Waals surface area contributed by atoms with Crippen molar-refractivity contribution in [3.63, 3.8) is 0 Å². The first kappa shape index (κ1) is 19.4. The Morgan fingerprint density at radius 3 is 2.19 bits per heavy atom. The summed E-state index contributed by atoms with van der Waals surface area (Å²) in [6, 6.07) is 14.9. The zero-order valence-electron chi connectivity index (χ0n) is 16.1. The second kappa shape index (κ2) is 7.01. The fraction of sp³-hybridized carbons (Fsp3) is 0.174. The number of halogens is 4. The smallest absolute Gasteiger partial charge is 0.472 e.